The Kier molecular flexibility index (Phi) is 4.08. The molecule has 0 aliphatic rings. The van der Waals surface area contributed by atoms with Crippen molar-refractivity contribution in [1.29, 1.82) is 0 Å². The fourth-order valence-corrected chi connectivity index (χ4v) is 4.41. The van der Waals surface area contributed by atoms with Crippen molar-refractivity contribution in [3.05, 3.63) is 12.3 Å². The van der Waals surface area contributed by atoms with Crippen molar-refractivity contribution < 1.29 is 18.8 Å². The molecular weight excluding hydrogens is 307 g/mol. The van der Waals surface area contributed by atoms with E-state index in [1.807, 2.05) is 13.8 Å². The third-order valence-corrected chi connectivity index (χ3v) is 5.21. The van der Waals surface area contributed by atoms with Gasteiger partial charge in [0, 0.05) is 5.25 Å². The van der Waals surface area contributed by atoms with E-state index in [0.717, 1.165) is 4.21 Å². The van der Waals surface area contributed by atoms with E-state index in [9.17, 15) is 14.4 Å². The van der Waals surface area contributed by atoms with Crippen molar-refractivity contribution in [2.75, 3.05) is 5.73 Å². The van der Waals surface area contributed by atoms with Gasteiger partial charge in [-0.2, -0.15) is 0 Å². The fraction of sp³-hybridized carbons (Fsp3) is 0.300. The van der Waals surface area contributed by atoms with Gasteiger partial charge in [-0.05, 0) is 6.07 Å². The lowest BCUT2D eigenvalue weighted by molar-refractivity contribution is 0.387. The summed E-state index contributed by atoms with van der Waals surface area (Å²) in [5.41, 5.74) is 6.07. The van der Waals surface area contributed by atoms with Crippen LogP contribution in [0.4, 0.5) is 5.13 Å². The van der Waals surface area contributed by atoms with Crippen LogP contribution in [0.25, 0.3) is 11.5 Å². The molecule has 4 N–H and O–H groups in total. The number of hydrogen-bond acceptors (Lipinski definition) is 6. The van der Waals surface area contributed by atoms with Crippen LogP contribution in [0.1, 0.15) is 13.8 Å². The van der Waals surface area contributed by atoms with Gasteiger partial charge < -0.3 is 19.9 Å². The summed E-state index contributed by atoms with van der Waals surface area (Å²) < 4.78 is 17.4. The highest BCUT2D eigenvalue weighted by molar-refractivity contribution is 8.01. The highest BCUT2D eigenvalue weighted by Crippen LogP contribution is 2.43. The molecule has 0 amide bonds. The average Bonchev–Trinajstić information content (AvgIpc) is 2.82. The van der Waals surface area contributed by atoms with Crippen molar-refractivity contribution in [3.8, 4) is 11.5 Å². The van der Waals surface area contributed by atoms with E-state index in [2.05, 4.69) is 4.98 Å². The Bertz CT molecular complexity index is 631. The minimum absolute atomic E-state index is 0.0874. The summed E-state index contributed by atoms with van der Waals surface area (Å²) in [6, 6.07) is 1.26. The zero-order valence-electron chi connectivity index (χ0n) is 10.2. The molecule has 2 rings (SSSR count). The molecule has 6 nitrogen and oxygen atoms in total. The van der Waals surface area contributed by atoms with Crippen LogP contribution in [0.3, 0.4) is 0 Å². The van der Waals surface area contributed by atoms with Crippen LogP contribution >= 0.6 is 30.7 Å². The van der Waals surface area contributed by atoms with E-state index in [1.165, 1.54) is 35.4 Å². The van der Waals surface area contributed by atoms with Crippen molar-refractivity contribution >= 4 is 41.1 Å². The number of thiazole rings is 1. The van der Waals surface area contributed by atoms with Gasteiger partial charge in [0.2, 0.25) is 0 Å². The molecule has 0 atom stereocenters. The molecule has 104 valence electrons. The van der Waals surface area contributed by atoms with Crippen LogP contribution in [0.5, 0.6) is 0 Å². The lowest BCUT2D eigenvalue weighted by atomic mass is 10.4. The smallest absolute Gasteiger partial charge is 0.360 e. The molecule has 0 aliphatic heterocycles. The number of nitrogen functional groups attached to an aromatic ring is 1. The first-order chi connectivity index (χ1) is 8.79. The second-order valence-corrected chi connectivity index (χ2v) is 8.48. The Morgan fingerprint density at radius 3 is 2.79 bits per heavy atom. The lowest BCUT2D eigenvalue weighted by Crippen LogP contribution is -2.04. The van der Waals surface area contributed by atoms with E-state index in [4.69, 9.17) is 10.2 Å². The molecule has 0 radical (unpaired) electrons. The highest BCUT2D eigenvalue weighted by atomic mass is 32.2. The highest BCUT2D eigenvalue weighted by Gasteiger charge is 2.28. The van der Waals surface area contributed by atoms with Gasteiger partial charge >= 0.3 is 7.60 Å². The van der Waals surface area contributed by atoms with Crippen molar-refractivity contribution in [1.82, 2.24) is 4.98 Å². The van der Waals surface area contributed by atoms with Gasteiger partial charge in [0.15, 0.2) is 10.9 Å². The van der Waals surface area contributed by atoms with Gasteiger partial charge in [-0.25, -0.2) is 4.98 Å². The number of anilines is 1. The van der Waals surface area contributed by atoms with Gasteiger partial charge in [-0.1, -0.05) is 25.2 Å². The maximum atomic E-state index is 11.4. The van der Waals surface area contributed by atoms with E-state index in [1.54, 1.807) is 0 Å². The van der Waals surface area contributed by atoms with Crippen molar-refractivity contribution in [3.63, 3.8) is 0 Å². The second kappa shape index (κ2) is 5.30. The average molecular weight is 320 g/mol. The Morgan fingerprint density at radius 1 is 1.53 bits per heavy atom. The van der Waals surface area contributed by atoms with Gasteiger partial charge in [0.1, 0.15) is 11.0 Å². The van der Waals surface area contributed by atoms with Gasteiger partial charge in [0.05, 0.1) is 10.5 Å². The number of nitrogens with two attached hydrogens (primary N) is 1. The number of rotatable bonds is 4. The predicted molar refractivity (Wildman–Crippen MR) is 76.9 cm³/mol. The molecule has 9 heteroatoms. The van der Waals surface area contributed by atoms with Crippen molar-refractivity contribution in [2.24, 2.45) is 0 Å². The first-order valence-corrected chi connectivity index (χ1v) is 8.67. The molecule has 19 heavy (non-hydrogen) atoms. The molecule has 0 unspecified atom stereocenters. The SMILES string of the molecule is CC(C)Sc1sc(N)nc1-c1occc1P(=O)(O)O. The second-order valence-electron chi connectivity index (χ2n) is 4.03. The topological polar surface area (TPSA) is 110 Å². The van der Waals surface area contributed by atoms with E-state index in [-0.39, 0.29) is 11.1 Å². The third kappa shape index (κ3) is 3.21. The maximum absolute atomic E-state index is 11.4. The lowest BCUT2D eigenvalue weighted by Gasteiger charge is -2.05. The first kappa shape index (κ1) is 14.6. The molecule has 2 aromatic rings. The first-order valence-electron chi connectivity index (χ1n) is 5.36. The standard InChI is InChI=1S/C10H13N2O4PS2/c1-5(2)18-9-7(12-10(11)19-9)8-6(3-4-16-8)17(13,14)15/h3-5H,1-2H3,(H2,11,12)(H2,13,14,15). The van der Waals surface area contributed by atoms with Crippen molar-refractivity contribution in [2.45, 2.75) is 23.3 Å². The molecule has 0 aromatic carbocycles. The number of nitrogens with zero attached hydrogens (tertiary/aromatic N) is 1. The molecule has 0 bridgehead atoms. The van der Waals surface area contributed by atoms with Crippen LogP contribution in [-0.2, 0) is 4.57 Å². The summed E-state index contributed by atoms with van der Waals surface area (Å²) in [5, 5.41) is 0.474. The molecular formula is C10H13N2O4PS2. The fourth-order valence-electron chi connectivity index (χ4n) is 1.47. The van der Waals surface area contributed by atoms with E-state index >= 15 is 0 Å². The molecule has 0 fully saturated rings. The predicted octanol–water partition coefficient (Wildman–Crippen LogP) is 2.29. The molecule has 2 heterocycles. The molecule has 0 saturated heterocycles. The Hall–Kier alpha value is -0.790. The maximum Gasteiger partial charge on any atom is 0.360 e. The van der Waals surface area contributed by atoms with Crippen LogP contribution in [0.15, 0.2) is 21.0 Å². The Balaban J connectivity index is 2.54. The van der Waals surface area contributed by atoms with Crippen LogP contribution in [0, 0.1) is 0 Å². The summed E-state index contributed by atoms with van der Waals surface area (Å²) in [6.07, 6.45) is 1.24. The zero-order chi connectivity index (χ0) is 14.2. The Labute approximate surface area is 118 Å². The minimum Gasteiger partial charge on any atom is -0.462 e. The van der Waals surface area contributed by atoms with E-state index in [0.29, 0.717) is 16.1 Å². The van der Waals surface area contributed by atoms with Crippen LogP contribution in [0.2, 0.25) is 0 Å². The zero-order valence-corrected chi connectivity index (χ0v) is 12.8. The summed E-state index contributed by atoms with van der Waals surface area (Å²) in [4.78, 5) is 22.7. The largest absolute Gasteiger partial charge is 0.462 e. The number of hydrogen-bond donors (Lipinski definition) is 3. The summed E-state index contributed by atoms with van der Waals surface area (Å²) >= 11 is 2.80. The van der Waals surface area contributed by atoms with Gasteiger partial charge in [0.25, 0.3) is 0 Å². The molecule has 0 aliphatic carbocycles. The van der Waals surface area contributed by atoms with E-state index < -0.39 is 7.60 Å². The number of aromatic nitrogens is 1. The summed E-state index contributed by atoms with van der Waals surface area (Å²) in [5.74, 6) is 0.0874. The van der Waals surface area contributed by atoms with Crippen LogP contribution in [-0.4, -0.2) is 20.0 Å². The molecule has 0 saturated carbocycles. The number of thioether (sulfide) groups is 1. The molecule has 2 aromatic heterocycles. The van der Waals surface area contributed by atoms with Crippen LogP contribution < -0.4 is 11.0 Å². The third-order valence-electron chi connectivity index (χ3n) is 2.13. The molecule has 0 spiro atoms. The Morgan fingerprint density at radius 2 is 2.21 bits per heavy atom. The summed E-state index contributed by atoms with van der Waals surface area (Å²) in [6.45, 7) is 4.02. The summed E-state index contributed by atoms with van der Waals surface area (Å²) in [7, 11) is -4.40. The minimum atomic E-state index is -4.40. The normalized spacial score (nSPS) is 12.3. The quantitative estimate of drug-likeness (QED) is 0.585. The van der Waals surface area contributed by atoms with Gasteiger partial charge in [-0.15, -0.1) is 11.8 Å². The van der Waals surface area contributed by atoms with Gasteiger partial charge in [-0.3, -0.25) is 4.57 Å². The monoisotopic (exact) mass is 320 g/mol. The number of furan rings is 1.